The van der Waals surface area contributed by atoms with Gasteiger partial charge in [0, 0.05) is 30.4 Å². The van der Waals surface area contributed by atoms with Crippen molar-refractivity contribution in [2.75, 3.05) is 18.9 Å². The van der Waals surface area contributed by atoms with E-state index in [1.54, 1.807) is 45.9 Å². The van der Waals surface area contributed by atoms with Crippen LogP contribution in [-0.4, -0.2) is 42.2 Å². The Morgan fingerprint density at radius 1 is 0.882 bits per heavy atom. The first-order valence-corrected chi connectivity index (χ1v) is 11.1. The van der Waals surface area contributed by atoms with Crippen LogP contribution >= 0.6 is 0 Å². The average Bonchev–Trinajstić information content (AvgIpc) is 2.82. The highest BCUT2D eigenvalue weighted by atomic mass is 16.6. The summed E-state index contributed by atoms with van der Waals surface area (Å²) in [5.41, 5.74) is 8.08. The molecule has 10 heteroatoms. The molecule has 0 bridgehead atoms. The predicted octanol–water partition coefficient (Wildman–Crippen LogP) is 2.95. The van der Waals surface area contributed by atoms with Gasteiger partial charge in [0.25, 0.3) is 5.69 Å². The summed E-state index contributed by atoms with van der Waals surface area (Å²) in [5.74, 6) is -0.604. The monoisotopic (exact) mass is 474 g/mol. The highest BCUT2D eigenvalue weighted by Gasteiger charge is 2.17. The molecule has 0 aliphatic rings. The molecule has 0 aliphatic heterocycles. The summed E-state index contributed by atoms with van der Waals surface area (Å²) in [6, 6.07) is 13.2. The molecule has 0 radical (unpaired) electrons. The first-order chi connectivity index (χ1) is 16.2. The van der Waals surface area contributed by atoms with E-state index in [2.05, 4.69) is 10.6 Å². The Morgan fingerprint density at radius 3 is 1.79 bits per heavy atom. The molecule has 4 N–H and O–H groups in total. The second-order valence-corrected chi connectivity index (χ2v) is 7.29. The maximum Gasteiger partial charge on any atom is 0.322 e. The lowest BCUT2D eigenvalue weighted by Gasteiger charge is -2.13. The fraction of sp³-hybridized carbons (Fsp3) is 0.417. The second kappa shape index (κ2) is 15.4. The summed E-state index contributed by atoms with van der Waals surface area (Å²) in [7, 11) is 0. The van der Waals surface area contributed by atoms with Gasteiger partial charge in [-0.3, -0.25) is 19.7 Å². The van der Waals surface area contributed by atoms with E-state index in [1.165, 1.54) is 6.07 Å². The minimum Gasteiger partial charge on any atom is -0.465 e. The smallest absolute Gasteiger partial charge is 0.322 e. The second-order valence-electron chi connectivity index (χ2n) is 7.29. The molecule has 0 fully saturated rings. The standard InChI is InChI=1S/C12H16N2O4.C12H18N2O2/c1-3-18-12(15)9(2)13-8-10-6-4-5-7-11(10)14(16)17;1-3-16-12(15)9(2)14-8-10-6-4-5-7-11(10)13/h4-7,9,13H,3,8H2,1-2H3;4-7,9,14H,3,8,13H2,1-2H3/t2*9-/m11/s1. The Kier molecular flexibility index (Phi) is 12.9. The van der Waals surface area contributed by atoms with Crippen molar-refractivity contribution in [1.29, 1.82) is 0 Å². The number of anilines is 1. The topological polar surface area (TPSA) is 146 Å². The molecule has 2 aromatic rings. The summed E-state index contributed by atoms with van der Waals surface area (Å²) in [6.07, 6.45) is 0. The molecule has 34 heavy (non-hydrogen) atoms. The number of rotatable bonds is 11. The van der Waals surface area contributed by atoms with E-state index in [0.717, 1.165) is 11.3 Å². The van der Waals surface area contributed by atoms with E-state index in [0.29, 0.717) is 25.3 Å². The normalized spacial score (nSPS) is 12.0. The summed E-state index contributed by atoms with van der Waals surface area (Å²) in [6.45, 7) is 8.48. The van der Waals surface area contributed by atoms with Crippen molar-refractivity contribution in [1.82, 2.24) is 10.6 Å². The SMILES string of the molecule is CCOC(=O)[C@@H](C)NCc1ccccc1N.CCOC(=O)[C@@H](C)NCc1ccccc1[N+](=O)[O-]. The van der Waals surface area contributed by atoms with Gasteiger partial charge in [-0.25, -0.2) is 0 Å². The molecular formula is C24H34N4O6. The maximum absolute atomic E-state index is 11.4. The van der Waals surface area contributed by atoms with Crippen molar-refractivity contribution >= 4 is 23.3 Å². The van der Waals surface area contributed by atoms with Crippen molar-refractivity contribution in [2.45, 2.75) is 52.9 Å². The molecule has 10 nitrogen and oxygen atoms in total. The third kappa shape index (κ3) is 9.97. The summed E-state index contributed by atoms with van der Waals surface area (Å²) >= 11 is 0. The van der Waals surface area contributed by atoms with Crippen LogP contribution in [0.25, 0.3) is 0 Å². The van der Waals surface area contributed by atoms with Gasteiger partial charge >= 0.3 is 11.9 Å². The van der Waals surface area contributed by atoms with Crippen molar-refractivity contribution in [3.63, 3.8) is 0 Å². The molecule has 0 unspecified atom stereocenters. The van der Waals surface area contributed by atoms with Gasteiger partial charge in [-0.2, -0.15) is 0 Å². The molecule has 0 heterocycles. The number of carbonyl (C=O) groups is 2. The fourth-order valence-corrected chi connectivity index (χ4v) is 2.76. The molecule has 2 atom stereocenters. The lowest BCUT2D eigenvalue weighted by Crippen LogP contribution is -2.35. The number of benzene rings is 2. The van der Waals surface area contributed by atoms with Crippen molar-refractivity contribution in [3.05, 3.63) is 69.8 Å². The number of ether oxygens (including phenoxy) is 2. The Labute approximate surface area is 200 Å². The number of esters is 2. The minimum atomic E-state index is -0.496. The van der Waals surface area contributed by atoms with Gasteiger partial charge in [0.2, 0.25) is 0 Å². The quantitative estimate of drug-likeness (QED) is 0.194. The van der Waals surface area contributed by atoms with Crippen molar-refractivity contribution < 1.29 is 24.0 Å². The lowest BCUT2D eigenvalue weighted by molar-refractivity contribution is -0.385. The number of carbonyl (C=O) groups excluding carboxylic acids is 2. The number of nitrogens with one attached hydrogen (secondary N) is 2. The van der Waals surface area contributed by atoms with Crippen molar-refractivity contribution in [2.24, 2.45) is 0 Å². The van der Waals surface area contributed by atoms with Gasteiger partial charge in [-0.1, -0.05) is 36.4 Å². The molecule has 0 saturated carbocycles. The van der Waals surface area contributed by atoms with Crippen LogP contribution in [0.4, 0.5) is 11.4 Å². The first kappa shape index (κ1) is 28.5. The van der Waals surface area contributed by atoms with E-state index in [9.17, 15) is 19.7 Å². The minimum absolute atomic E-state index is 0.0426. The zero-order valence-electron chi connectivity index (χ0n) is 20.1. The summed E-state index contributed by atoms with van der Waals surface area (Å²) in [4.78, 5) is 33.0. The van der Waals surface area contributed by atoms with Crippen LogP contribution in [0.2, 0.25) is 0 Å². The van der Waals surface area contributed by atoms with Crippen LogP contribution in [0.3, 0.4) is 0 Å². The van der Waals surface area contributed by atoms with Gasteiger partial charge in [-0.05, 0) is 39.3 Å². The maximum atomic E-state index is 11.4. The van der Waals surface area contributed by atoms with Crippen LogP contribution in [0.5, 0.6) is 0 Å². The number of nitrogens with two attached hydrogens (primary N) is 1. The Morgan fingerprint density at radius 2 is 1.32 bits per heavy atom. The molecule has 0 spiro atoms. The van der Waals surface area contributed by atoms with Gasteiger partial charge in [0.1, 0.15) is 12.1 Å². The summed E-state index contributed by atoms with van der Waals surface area (Å²) < 4.78 is 9.72. The Balaban J connectivity index is 0.000000342. The highest BCUT2D eigenvalue weighted by Crippen LogP contribution is 2.17. The molecule has 0 aliphatic carbocycles. The van der Waals surface area contributed by atoms with E-state index >= 15 is 0 Å². The van der Waals surface area contributed by atoms with Gasteiger partial charge < -0.3 is 25.8 Å². The van der Waals surface area contributed by atoms with Crippen LogP contribution in [-0.2, 0) is 32.2 Å². The number of nitrogens with zero attached hydrogens (tertiary/aromatic N) is 1. The zero-order chi connectivity index (χ0) is 25.5. The van der Waals surface area contributed by atoms with Crippen LogP contribution in [0.1, 0.15) is 38.8 Å². The lowest BCUT2D eigenvalue weighted by atomic mass is 10.1. The van der Waals surface area contributed by atoms with Gasteiger partial charge in [-0.15, -0.1) is 0 Å². The number of nitro benzene ring substituents is 1. The van der Waals surface area contributed by atoms with E-state index < -0.39 is 11.0 Å². The molecule has 0 aromatic heterocycles. The van der Waals surface area contributed by atoms with Gasteiger partial charge in [0.05, 0.1) is 18.1 Å². The average molecular weight is 475 g/mol. The van der Waals surface area contributed by atoms with Crippen molar-refractivity contribution in [3.8, 4) is 0 Å². The number of nitro groups is 1. The number of hydrogen-bond donors (Lipinski definition) is 3. The molecule has 0 saturated heterocycles. The zero-order valence-corrected chi connectivity index (χ0v) is 20.1. The Bertz CT molecular complexity index is 937. The molecule has 0 amide bonds. The molecule has 2 aromatic carbocycles. The third-order valence-electron chi connectivity index (χ3n) is 4.72. The van der Waals surface area contributed by atoms with Crippen LogP contribution in [0, 0.1) is 10.1 Å². The number of nitrogen functional groups attached to an aromatic ring is 1. The number of para-hydroxylation sites is 2. The van der Waals surface area contributed by atoms with Gasteiger partial charge in [0.15, 0.2) is 0 Å². The first-order valence-electron chi connectivity index (χ1n) is 11.1. The van der Waals surface area contributed by atoms with E-state index in [4.69, 9.17) is 15.2 Å². The van der Waals surface area contributed by atoms with E-state index in [1.807, 2.05) is 24.3 Å². The van der Waals surface area contributed by atoms with Crippen LogP contribution < -0.4 is 16.4 Å². The molecule has 186 valence electrons. The molecule has 2 rings (SSSR count). The highest BCUT2D eigenvalue weighted by molar-refractivity contribution is 5.75. The fourth-order valence-electron chi connectivity index (χ4n) is 2.76. The third-order valence-corrected chi connectivity index (χ3v) is 4.72. The Hall–Kier alpha value is -3.50. The summed E-state index contributed by atoms with van der Waals surface area (Å²) in [5, 5.41) is 16.8. The van der Waals surface area contributed by atoms with Crippen LogP contribution in [0.15, 0.2) is 48.5 Å². The molecular weight excluding hydrogens is 440 g/mol. The van der Waals surface area contributed by atoms with E-state index in [-0.39, 0.29) is 30.2 Å². The largest absolute Gasteiger partial charge is 0.465 e. The number of hydrogen-bond acceptors (Lipinski definition) is 9. The predicted molar refractivity (Wildman–Crippen MR) is 130 cm³/mol.